The van der Waals surface area contributed by atoms with E-state index in [1.165, 1.54) is 5.32 Å². The molecule has 1 aromatic heterocycles. The molecule has 0 radical (unpaired) electrons. The minimum atomic E-state index is -5.13. The zero-order chi connectivity index (χ0) is 13.1. The first-order valence-electron chi connectivity index (χ1n) is 4.25. The van der Waals surface area contributed by atoms with Crippen molar-refractivity contribution in [1.82, 2.24) is 20.5 Å². The fraction of sp³-hybridized carbons (Fsp3) is 0.429. The van der Waals surface area contributed by atoms with Gasteiger partial charge in [0.1, 0.15) is 18.2 Å². The number of nitrogens with one attached hydrogen (secondary N) is 2. The number of carbonyl (C=O) groups is 2. The largest absolute Gasteiger partial charge is 0.480 e. The minimum Gasteiger partial charge on any atom is -0.480 e. The first kappa shape index (κ1) is 12.9. The third-order valence-electron chi connectivity index (χ3n) is 1.72. The number of nitrogens with zero attached hydrogens (tertiary/aromatic N) is 2. The van der Waals surface area contributed by atoms with Crippen molar-refractivity contribution in [3.8, 4) is 0 Å². The van der Waals surface area contributed by atoms with Gasteiger partial charge >= 0.3 is 18.1 Å². The van der Waals surface area contributed by atoms with E-state index >= 15 is 0 Å². The van der Waals surface area contributed by atoms with Crippen LogP contribution in [-0.4, -0.2) is 44.4 Å². The topological polar surface area (TPSA) is 108 Å². The Bertz CT molecular complexity index is 403. The van der Waals surface area contributed by atoms with Gasteiger partial charge in [0.25, 0.3) is 0 Å². The number of hydrogen-bond acceptors (Lipinski definition) is 4. The van der Waals surface area contributed by atoms with Crippen molar-refractivity contribution < 1.29 is 27.9 Å². The molecule has 1 unspecified atom stereocenters. The molecule has 0 bridgehead atoms. The van der Waals surface area contributed by atoms with E-state index in [0.29, 0.717) is 0 Å². The molecule has 0 saturated heterocycles. The average Bonchev–Trinajstić information content (AvgIpc) is 2.67. The van der Waals surface area contributed by atoms with Crippen LogP contribution in [0.5, 0.6) is 0 Å². The molecule has 1 amide bonds. The molecule has 7 nitrogen and oxygen atoms in total. The van der Waals surface area contributed by atoms with E-state index < -0.39 is 30.5 Å². The summed E-state index contributed by atoms with van der Waals surface area (Å²) in [6, 6.07) is -1.72. The van der Waals surface area contributed by atoms with Gasteiger partial charge in [-0.05, 0) is 0 Å². The van der Waals surface area contributed by atoms with Gasteiger partial charge in [-0.3, -0.25) is 9.89 Å². The predicted octanol–water partition coefficient (Wildman–Crippen LogP) is -0.521. The van der Waals surface area contributed by atoms with Crippen molar-refractivity contribution in [2.24, 2.45) is 0 Å². The number of amides is 1. The molecular formula is C7H7F3N4O3. The Morgan fingerprint density at radius 3 is 2.59 bits per heavy atom. The minimum absolute atomic E-state index is 0.0554. The Labute approximate surface area is 92.0 Å². The first-order chi connectivity index (χ1) is 7.80. The summed E-state index contributed by atoms with van der Waals surface area (Å²) in [7, 11) is 0. The van der Waals surface area contributed by atoms with Gasteiger partial charge in [-0.15, -0.1) is 0 Å². The highest BCUT2D eigenvalue weighted by Gasteiger charge is 2.40. The average molecular weight is 252 g/mol. The first-order valence-corrected chi connectivity index (χ1v) is 4.25. The molecule has 1 aromatic rings. The Hall–Kier alpha value is -2.13. The maximum absolute atomic E-state index is 11.9. The van der Waals surface area contributed by atoms with Crippen LogP contribution in [-0.2, 0) is 16.0 Å². The molecule has 17 heavy (non-hydrogen) atoms. The maximum atomic E-state index is 11.9. The van der Waals surface area contributed by atoms with Crippen LogP contribution in [0.4, 0.5) is 13.2 Å². The highest BCUT2D eigenvalue weighted by molar-refractivity contribution is 5.87. The van der Waals surface area contributed by atoms with Gasteiger partial charge in [-0.2, -0.15) is 18.3 Å². The van der Waals surface area contributed by atoms with E-state index in [4.69, 9.17) is 5.11 Å². The molecule has 3 N–H and O–H groups in total. The number of carboxylic acids is 1. The van der Waals surface area contributed by atoms with E-state index in [2.05, 4.69) is 15.2 Å². The van der Waals surface area contributed by atoms with E-state index in [0.717, 1.165) is 6.33 Å². The molecule has 94 valence electrons. The fourth-order valence-corrected chi connectivity index (χ4v) is 0.963. The number of carbonyl (C=O) groups excluding carboxylic acids is 1. The molecule has 0 spiro atoms. The molecule has 10 heteroatoms. The highest BCUT2D eigenvalue weighted by atomic mass is 19.4. The normalized spacial score (nSPS) is 13.1. The van der Waals surface area contributed by atoms with Gasteiger partial charge in [0.05, 0.1) is 0 Å². The van der Waals surface area contributed by atoms with Crippen molar-refractivity contribution >= 4 is 11.9 Å². The van der Waals surface area contributed by atoms with Gasteiger partial charge in [0.15, 0.2) is 0 Å². The number of halogens is 3. The van der Waals surface area contributed by atoms with E-state index in [1.807, 2.05) is 0 Å². The number of rotatable bonds is 4. The number of hydrogen-bond donors (Lipinski definition) is 3. The maximum Gasteiger partial charge on any atom is 0.471 e. The van der Waals surface area contributed by atoms with Crippen molar-refractivity contribution in [1.29, 1.82) is 0 Å². The van der Waals surface area contributed by atoms with Crippen molar-refractivity contribution in [2.45, 2.75) is 18.6 Å². The lowest BCUT2D eigenvalue weighted by Crippen LogP contribution is -2.48. The molecular weight excluding hydrogens is 245 g/mol. The summed E-state index contributed by atoms with van der Waals surface area (Å²) in [5.74, 6) is -3.86. The van der Waals surface area contributed by atoms with Crippen LogP contribution in [0.15, 0.2) is 6.33 Å². The zero-order valence-electron chi connectivity index (χ0n) is 8.15. The molecule has 0 aromatic carbocycles. The van der Waals surface area contributed by atoms with Crippen LogP contribution in [0.1, 0.15) is 5.82 Å². The Balaban J connectivity index is 2.68. The Morgan fingerprint density at radius 2 is 2.18 bits per heavy atom. The van der Waals surface area contributed by atoms with Gasteiger partial charge in [0.2, 0.25) is 0 Å². The van der Waals surface area contributed by atoms with E-state index in [9.17, 15) is 22.8 Å². The summed E-state index contributed by atoms with van der Waals surface area (Å²) in [6.45, 7) is 0. The van der Waals surface area contributed by atoms with Crippen LogP contribution in [0, 0.1) is 0 Å². The summed E-state index contributed by atoms with van der Waals surface area (Å²) in [4.78, 5) is 24.8. The molecule has 1 heterocycles. The summed E-state index contributed by atoms with van der Waals surface area (Å²) in [5.41, 5.74) is 0. The summed E-state index contributed by atoms with van der Waals surface area (Å²) < 4.78 is 35.7. The van der Waals surface area contributed by atoms with Crippen molar-refractivity contribution in [3.05, 3.63) is 12.2 Å². The molecule has 0 aliphatic rings. The second-order valence-corrected chi connectivity index (χ2v) is 3.00. The molecule has 0 fully saturated rings. The van der Waals surface area contributed by atoms with Crippen LogP contribution in [0.3, 0.4) is 0 Å². The smallest absolute Gasteiger partial charge is 0.471 e. The Morgan fingerprint density at radius 1 is 1.53 bits per heavy atom. The van der Waals surface area contributed by atoms with Crippen LogP contribution in [0.25, 0.3) is 0 Å². The summed E-state index contributed by atoms with van der Waals surface area (Å²) >= 11 is 0. The Kier molecular flexibility index (Phi) is 3.66. The molecule has 0 aliphatic heterocycles. The number of aliphatic carboxylic acids is 1. The van der Waals surface area contributed by atoms with E-state index in [-0.39, 0.29) is 5.82 Å². The highest BCUT2D eigenvalue weighted by Crippen LogP contribution is 2.14. The third kappa shape index (κ3) is 3.74. The third-order valence-corrected chi connectivity index (χ3v) is 1.72. The van der Waals surface area contributed by atoms with Crippen molar-refractivity contribution in [2.75, 3.05) is 0 Å². The molecule has 1 atom stereocenters. The fourth-order valence-electron chi connectivity index (χ4n) is 0.963. The zero-order valence-corrected chi connectivity index (χ0v) is 8.15. The lowest BCUT2D eigenvalue weighted by atomic mass is 10.2. The van der Waals surface area contributed by atoms with Gasteiger partial charge in [-0.25, -0.2) is 9.78 Å². The number of aromatic nitrogens is 3. The predicted molar refractivity (Wildman–Crippen MR) is 45.7 cm³/mol. The van der Waals surface area contributed by atoms with Gasteiger partial charge < -0.3 is 10.4 Å². The van der Waals surface area contributed by atoms with Crippen LogP contribution < -0.4 is 5.32 Å². The molecule has 1 rings (SSSR count). The second-order valence-electron chi connectivity index (χ2n) is 3.00. The lowest BCUT2D eigenvalue weighted by molar-refractivity contribution is -0.175. The van der Waals surface area contributed by atoms with Crippen molar-refractivity contribution in [3.63, 3.8) is 0 Å². The SMILES string of the molecule is O=C(O)C(Cc1ncn[nH]1)NC(=O)C(F)(F)F. The van der Waals surface area contributed by atoms with Gasteiger partial charge in [-0.1, -0.05) is 0 Å². The number of alkyl halides is 3. The lowest BCUT2D eigenvalue weighted by Gasteiger charge is -2.14. The van der Waals surface area contributed by atoms with Crippen LogP contribution in [0.2, 0.25) is 0 Å². The number of carboxylic acid groups (broad SMARTS) is 1. The van der Waals surface area contributed by atoms with Gasteiger partial charge in [0, 0.05) is 6.42 Å². The number of H-pyrrole nitrogens is 1. The van der Waals surface area contributed by atoms with Crippen LogP contribution >= 0.6 is 0 Å². The molecule has 0 aliphatic carbocycles. The van der Waals surface area contributed by atoms with E-state index in [1.54, 1.807) is 0 Å². The quantitative estimate of drug-likeness (QED) is 0.668. The summed E-state index contributed by atoms with van der Waals surface area (Å²) in [6.07, 6.45) is -4.48. The monoisotopic (exact) mass is 252 g/mol. The summed E-state index contributed by atoms with van der Waals surface area (Å²) in [5, 5.41) is 15.7. The standard InChI is InChI=1S/C7H7F3N4O3/c8-7(9,10)6(17)13-3(5(15)16)1-4-11-2-12-14-4/h2-3H,1H2,(H,13,17)(H,15,16)(H,11,12,14). The molecule has 0 saturated carbocycles. The second kappa shape index (κ2) is 4.80. The number of aromatic amines is 1.